The van der Waals surface area contributed by atoms with Gasteiger partial charge in [-0.3, -0.25) is 14.4 Å². The zero-order valence-corrected chi connectivity index (χ0v) is 13.5. The van der Waals surface area contributed by atoms with Gasteiger partial charge in [0.25, 0.3) is 0 Å². The quantitative estimate of drug-likeness (QED) is 0.801. The number of amides is 2. The number of nitrogens with zero attached hydrogens (tertiary/aromatic N) is 1. The molecule has 1 aliphatic heterocycles. The van der Waals surface area contributed by atoms with Crippen LogP contribution in [0.2, 0.25) is 0 Å². The van der Waals surface area contributed by atoms with Crippen LogP contribution < -0.4 is 5.32 Å². The average molecular weight is 318 g/mol. The van der Waals surface area contributed by atoms with Crippen LogP contribution >= 0.6 is 0 Å². The van der Waals surface area contributed by atoms with Crippen molar-refractivity contribution >= 4 is 17.8 Å². The summed E-state index contributed by atoms with van der Waals surface area (Å²) in [5, 5.41) is 2.58. The van der Waals surface area contributed by atoms with Crippen LogP contribution in [0.3, 0.4) is 0 Å². The average Bonchev–Trinajstić information content (AvgIpc) is 2.83. The fourth-order valence-corrected chi connectivity index (χ4v) is 2.72. The first kappa shape index (κ1) is 17.0. The van der Waals surface area contributed by atoms with Gasteiger partial charge in [0.05, 0.1) is 6.61 Å². The Morgan fingerprint density at radius 1 is 1.30 bits per heavy atom. The molecule has 6 heteroatoms. The van der Waals surface area contributed by atoms with Crippen LogP contribution in [0.4, 0.5) is 0 Å². The molecule has 0 saturated carbocycles. The Morgan fingerprint density at radius 2 is 2.00 bits per heavy atom. The zero-order valence-electron chi connectivity index (χ0n) is 13.5. The van der Waals surface area contributed by atoms with Crippen molar-refractivity contribution in [1.29, 1.82) is 0 Å². The van der Waals surface area contributed by atoms with Gasteiger partial charge in [-0.15, -0.1) is 0 Å². The number of nitrogens with one attached hydrogen (secondary N) is 1. The molecule has 1 aromatic carbocycles. The third kappa shape index (κ3) is 3.88. The molecule has 1 unspecified atom stereocenters. The molecular weight excluding hydrogens is 296 g/mol. The number of carbonyl (C=O) groups excluding carboxylic acids is 3. The van der Waals surface area contributed by atoms with E-state index in [9.17, 15) is 14.4 Å². The number of benzene rings is 1. The SMILES string of the molecule is CCOC(=O)CNC(=O)C1(C)CCC(=O)N1Cc1ccccc1. The second-order valence-electron chi connectivity index (χ2n) is 5.73. The van der Waals surface area contributed by atoms with Gasteiger partial charge < -0.3 is 15.0 Å². The normalized spacial score (nSPS) is 20.4. The molecule has 0 spiro atoms. The third-order valence-electron chi connectivity index (χ3n) is 4.09. The van der Waals surface area contributed by atoms with Gasteiger partial charge in [0.1, 0.15) is 12.1 Å². The minimum Gasteiger partial charge on any atom is -0.465 e. The molecule has 2 rings (SSSR count). The van der Waals surface area contributed by atoms with E-state index >= 15 is 0 Å². The second-order valence-corrected chi connectivity index (χ2v) is 5.73. The lowest BCUT2D eigenvalue weighted by atomic mass is 9.97. The predicted molar refractivity (Wildman–Crippen MR) is 84.3 cm³/mol. The minimum atomic E-state index is -0.945. The molecule has 1 aromatic rings. The topological polar surface area (TPSA) is 75.7 Å². The van der Waals surface area contributed by atoms with Crippen molar-refractivity contribution in [2.45, 2.75) is 38.8 Å². The van der Waals surface area contributed by atoms with E-state index in [4.69, 9.17) is 4.74 Å². The largest absolute Gasteiger partial charge is 0.465 e. The van der Waals surface area contributed by atoms with E-state index < -0.39 is 11.5 Å². The summed E-state index contributed by atoms with van der Waals surface area (Å²) in [6.07, 6.45) is 0.767. The number of hydrogen-bond acceptors (Lipinski definition) is 4. The van der Waals surface area contributed by atoms with Gasteiger partial charge in [-0.05, 0) is 25.8 Å². The van der Waals surface area contributed by atoms with Crippen molar-refractivity contribution in [1.82, 2.24) is 10.2 Å². The van der Waals surface area contributed by atoms with E-state index in [0.29, 0.717) is 19.4 Å². The zero-order chi connectivity index (χ0) is 16.9. The van der Waals surface area contributed by atoms with Crippen LogP contribution in [-0.2, 0) is 25.7 Å². The molecule has 124 valence electrons. The highest BCUT2D eigenvalue weighted by Gasteiger charge is 2.47. The molecule has 0 bridgehead atoms. The van der Waals surface area contributed by atoms with E-state index in [2.05, 4.69) is 5.32 Å². The van der Waals surface area contributed by atoms with E-state index in [1.165, 1.54) is 0 Å². The van der Waals surface area contributed by atoms with Crippen molar-refractivity contribution in [3.63, 3.8) is 0 Å². The van der Waals surface area contributed by atoms with Gasteiger partial charge in [0, 0.05) is 13.0 Å². The Labute approximate surface area is 135 Å². The highest BCUT2D eigenvalue weighted by atomic mass is 16.5. The molecule has 0 radical (unpaired) electrons. The Kier molecular flexibility index (Phi) is 5.36. The lowest BCUT2D eigenvalue weighted by molar-refractivity contribution is -0.146. The van der Waals surface area contributed by atoms with Gasteiger partial charge in [-0.2, -0.15) is 0 Å². The first-order valence-corrected chi connectivity index (χ1v) is 7.75. The molecule has 2 amide bonds. The molecule has 0 aromatic heterocycles. The Bertz CT molecular complexity index is 588. The summed E-state index contributed by atoms with van der Waals surface area (Å²) in [6, 6.07) is 9.54. The summed E-state index contributed by atoms with van der Waals surface area (Å²) < 4.78 is 4.80. The summed E-state index contributed by atoms with van der Waals surface area (Å²) >= 11 is 0. The van der Waals surface area contributed by atoms with Crippen molar-refractivity contribution in [2.75, 3.05) is 13.2 Å². The molecule has 23 heavy (non-hydrogen) atoms. The highest BCUT2D eigenvalue weighted by Crippen LogP contribution is 2.31. The lowest BCUT2D eigenvalue weighted by Crippen LogP contribution is -2.54. The fourth-order valence-electron chi connectivity index (χ4n) is 2.72. The number of esters is 1. The maximum absolute atomic E-state index is 12.5. The first-order chi connectivity index (χ1) is 11.0. The summed E-state index contributed by atoms with van der Waals surface area (Å²) in [4.78, 5) is 37.7. The van der Waals surface area contributed by atoms with E-state index in [1.54, 1.807) is 18.7 Å². The van der Waals surface area contributed by atoms with E-state index in [-0.39, 0.29) is 25.0 Å². The molecule has 1 N–H and O–H groups in total. The van der Waals surface area contributed by atoms with Gasteiger partial charge in [0.15, 0.2) is 0 Å². The summed E-state index contributed by atoms with van der Waals surface area (Å²) in [5.74, 6) is -0.863. The van der Waals surface area contributed by atoms with Gasteiger partial charge >= 0.3 is 5.97 Å². The van der Waals surface area contributed by atoms with Crippen LogP contribution in [0.15, 0.2) is 30.3 Å². The first-order valence-electron chi connectivity index (χ1n) is 7.75. The van der Waals surface area contributed by atoms with E-state index in [1.807, 2.05) is 30.3 Å². The third-order valence-corrected chi connectivity index (χ3v) is 4.09. The molecule has 1 atom stereocenters. The summed E-state index contributed by atoms with van der Waals surface area (Å²) in [5.41, 5.74) is 0.0199. The monoisotopic (exact) mass is 318 g/mol. The van der Waals surface area contributed by atoms with Crippen molar-refractivity contribution < 1.29 is 19.1 Å². The summed E-state index contributed by atoms with van der Waals surface area (Å²) in [7, 11) is 0. The maximum atomic E-state index is 12.5. The molecule has 1 aliphatic rings. The lowest BCUT2D eigenvalue weighted by Gasteiger charge is -2.34. The van der Waals surface area contributed by atoms with E-state index in [0.717, 1.165) is 5.56 Å². The van der Waals surface area contributed by atoms with Crippen LogP contribution in [0.1, 0.15) is 32.3 Å². The Balaban J connectivity index is 2.06. The van der Waals surface area contributed by atoms with Crippen molar-refractivity contribution in [2.24, 2.45) is 0 Å². The van der Waals surface area contributed by atoms with Crippen LogP contribution in [0.5, 0.6) is 0 Å². The van der Waals surface area contributed by atoms with Gasteiger partial charge in [0.2, 0.25) is 11.8 Å². The number of ether oxygens (including phenoxy) is 1. The second kappa shape index (κ2) is 7.26. The summed E-state index contributed by atoms with van der Waals surface area (Å²) in [6.45, 7) is 3.91. The molecule has 1 heterocycles. The fraction of sp³-hybridized carbons (Fsp3) is 0.471. The van der Waals surface area contributed by atoms with Gasteiger partial charge in [-0.1, -0.05) is 30.3 Å². The predicted octanol–water partition coefficient (Wildman–Crippen LogP) is 1.25. The Morgan fingerprint density at radius 3 is 2.65 bits per heavy atom. The number of likely N-dealkylation sites (tertiary alicyclic amines) is 1. The molecule has 6 nitrogen and oxygen atoms in total. The van der Waals surface area contributed by atoms with Gasteiger partial charge in [-0.25, -0.2) is 0 Å². The minimum absolute atomic E-state index is 0.0531. The maximum Gasteiger partial charge on any atom is 0.325 e. The van der Waals surface area contributed by atoms with Crippen LogP contribution in [0, 0.1) is 0 Å². The smallest absolute Gasteiger partial charge is 0.325 e. The standard InChI is InChI=1S/C17H22N2O4/c1-3-23-15(21)11-18-16(22)17(2)10-9-14(20)19(17)12-13-7-5-4-6-8-13/h4-8H,3,9-12H2,1-2H3,(H,18,22). The highest BCUT2D eigenvalue weighted by molar-refractivity contribution is 5.95. The molecule has 1 saturated heterocycles. The number of hydrogen-bond donors (Lipinski definition) is 1. The van der Waals surface area contributed by atoms with Crippen LogP contribution in [-0.4, -0.2) is 41.4 Å². The molecular formula is C17H22N2O4. The molecule has 1 fully saturated rings. The molecule has 0 aliphatic carbocycles. The van der Waals surface area contributed by atoms with Crippen molar-refractivity contribution in [3.8, 4) is 0 Å². The number of carbonyl (C=O) groups is 3. The number of rotatable bonds is 6. The van der Waals surface area contributed by atoms with Crippen LogP contribution in [0.25, 0.3) is 0 Å². The Hall–Kier alpha value is -2.37. The van der Waals surface area contributed by atoms with Crippen molar-refractivity contribution in [3.05, 3.63) is 35.9 Å².